The van der Waals surface area contributed by atoms with Gasteiger partial charge in [-0.2, -0.15) is 15.8 Å². The summed E-state index contributed by atoms with van der Waals surface area (Å²) in [5.74, 6) is -0.265. The lowest BCUT2D eigenvalue weighted by Gasteiger charge is -2.21. The van der Waals surface area contributed by atoms with E-state index in [1.165, 1.54) is 11.3 Å². The molecule has 4 aliphatic heterocycles. The van der Waals surface area contributed by atoms with Crippen LogP contribution in [0.25, 0.3) is 32.0 Å². The van der Waals surface area contributed by atoms with Crippen LogP contribution in [0.4, 0.5) is 0 Å². The van der Waals surface area contributed by atoms with Gasteiger partial charge >= 0.3 is 5.76 Å². The van der Waals surface area contributed by atoms with Gasteiger partial charge in [-0.05, 0) is 78.6 Å². The number of aromatic nitrogens is 1. The third kappa shape index (κ3) is 9.62. The van der Waals surface area contributed by atoms with Gasteiger partial charge < -0.3 is 35.2 Å². The second-order valence-corrected chi connectivity index (χ2v) is 18.3. The van der Waals surface area contributed by atoms with Gasteiger partial charge in [0.15, 0.2) is 5.58 Å². The van der Waals surface area contributed by atoms with Crippen molar-refractivity contribution in [3.63, 3.8) is 0 Å². The average molecular weight is 860 g/mol. The first kappa shape index (κ1) is 43.2. The second-order valence-electron chi connectivity index (χ2n) is 16.0. The lowest BCUT2D eigenvalue weighted by Crippen LogP contribution is -2.47. The quantitative estimate of drug-likeness (QED) is 0.142. The monoisotopic (exact) mass is 860 g/mol. The highest BCUT2D eigenvalue weighted by Gasteiger charge is 2.42. The van der Waals surface area contributed by atoms with Crippen molar-refractivity contribution in [1.82, 2.24) is 25.8 Å². The molecule has 0 bridgehead atoms. The Balaban J connectivity index is 0.000000174. The van der Waals surface area contributed by atoms with Crippen LogP contribution in [0.3, 0.4) is 0 Å². The molecule has 8 unspecified atom stereocenters. The molecule has 4 aliphatic rings. The Bertz CT molecular complexity index is 2610. The predicted octanol–water partition coefficient (Wildman–Crippen LogP) is 2.54. The van der Waals surface area contributed by atoms with Crippen molar-refractivity contribution in [1.29, 1.82) is 15.8 Å². The number of hydrogen-bond donors (Lipinski definition) is 4. The maximum Gasteiger partial charge on any atom is 0.418 e. The van der Waals surface area contributed by atoms with Crippen LogP contribution in [0.15, 0.2) is 75.9 Å². The highest BCUT2D eigenvalue weighted by Crippen LogP contribution is 2.33. The molecule has 8 atom stereocenters. The van der Waals surface area contributed by atoms with Crippen LogP contribution in [-0.4, -0.2) is 103 Å². The summed E-state index contributed by atoms with van der Waals surface area (Å²) < 4.78 is 17.0. The van der Waals surface area contributed by atoms with Crippen molar-refractivity contribution in [3.05, 3.63) is 92.6 Å². The third-order valence-corrected chi connectivity index (χ3v) is 13.9. The highest BCUT2D eigenvalue weighted by molar-refractivity contribution is 7.15. The Morgan fingerprint density at radius 2 is 1.27 bits per heavy atom. The summed E-state index contributed by atoms with van der Waals surface area (Å²) in [6, 6.07) is 25.7. The van der Waals surface area contributed by atoms with Crippen LogP contribution >= 0.6 is 22.7 Å². The SMILES string of the molecule is N#Cc1ccc(-c2ccc(CC(C#N)NC(=O)C3CC4COCC4N3)s2)cc1.[B]C([B])([B])n1c(=O)oc2ccc(-c3ccc(CC(C#N)NC(=O)C4CC5COCC5N4)s3)cc21. The molecule has 5 aromatic rings. The molecule has 4 fully saturated rings. The van der Waals surface area contributed by atoms with Crippen LogP contribution in [0.2, 0.25) is 0 Å². The number of nitriles is 3. The standard InChI is InChI=1S/C22H19B3N4O4S.C21H20N4O2S/c23-22(24,25)29-17-6-11(1-3-18(17)33-21(29)31)19-4-2-14(34-19)7-13(8-26)27-20(30)15-5-12-9-32-10-16(12)28-15;22-9-13-1-3-14(4-2-13)20-6-5-17(28-20)8-16(10-23)24-21(26)18-7-15-11-27-12-19(15)25-18/h1-4,6,12-13,15-16,28H,5,7,9-10H2,(H,27,30);1-6,15-16,18-19,25H,7-8,11-12H2,(H,24,26). The smallest absolute Gasteiger partial charge is 0.408 e. The second kappa shape index (κ2) is 18.5. The number of carbonyl (C=O) groups is 2. The van der Waals surface area contributed by atoms with Gasteiger partial charge in [0.25, 0.3) is 0 Å². The number of thiophene rings is 2. The van der Waals surface area contributed by atoms with E-state index in [9.17, 15) is 24.9 Å². The van der Waals surface area contributed by atoms with Crippen molar-refractivity contribution < 1.29 is 23.5 Å². The predicted molar refractivity (Wildman–Crippen MR) is 235 cm³/mol. The number of nitrogens with one attached hydrogen (secondary N) is 4. The van der Waals surface area contributed by atoms with Gasteiger partial charge in [-0.1, -0.05) is 17.4 Å². The average Bonchev–Trinajstić information content (AvgIpc) is 4.11. The molecule has 6 radical (unpaired) electrons. The molecule has 19 heteroatoms. The molecule has 7 heterocycles. The molecule has 0 aliphatic carbocycles. The highest BCUT2D eigenvalue weighted by atomic mass is 32.1. The normalized spacial score (nSPS) is 23.5. The molecule has 4 saturated heterocycles. The fraction of sp³-hybridized carbons (Fsp3) is 0.395. The molecule has 308 valence electrons. The Morgan fingerprint density at radius 3 is 1.76 bits per heavy atom. The molecule has 62 heavy (non-hydrogen) atoms. The van der Waals surface area contributed by atoms with E-state index >= 15 is 0 Å². The van der Waals surface area contributed by atoms with E-state index in [1.807, 2.05) is 42.5 Å². The summed E-state index contributed by atoms with van der Waals surface area (Å²) in [6.07, 6.45) is 2.34. The van der Waals surface area contributed by atoms with Gasteiger partial charge in [-0.25, -0.2) is 4.79 Å². The van der Waals surface area contributed by atoms with E-state index in [1.54, 1.807) is 35.6 Å². The molecule has 9 rings (SSSR count). The van der Waals surface area contributed by atoms with Crippen molar-refractivity contribution in [2.24, 2.45) is 11.8 Å². The number of oxazole rings is 1. The topological polar surface area (TPSA) is 207 Å². The Morgan fingerprint density at radius 1 is 0.758 bits per heavy atom. The minimum Gasteiger partial charge on any atom is -0.408 e. The number of amides is 2. The van der Waals surface area contributed by atoms with Gasteiger partial charge in [0, 0.05) is 56.3 Å². The number of ether oxygens (including phenoxy) is 2. The summed E-state index contributed by atoms with van der Waals surface area (Å²) in [4.78, 5) is 41.3. The van der Waals surface area contributed by atoms with Crippen molar-refractivity contribution >= 4 is 69.1 Å². The number of benzene rings is 2. The third-order valence-electron chi connectivity index (χ3n) is 11.6. The van der Waals surface area contributed by atoms with Gasteiger partial charge in [-0.15, -0.1) is 22.7 Å². The fourth-order valence-electron chi connectivity index (χ4n) is 8.39. The van der Waals surface area contributed by atoms with Crippen LogP contribution in [0, 0.1) is 45.8 Å². The Labute approximate surface area is 369 Å². The van der Waals surface area contributed by atoms with E-state index in [2.05, 4.69) is 39.5 Å². The maximum atomic E-state index is 12.7. The Kier molecular flexibility index (Phi) is 12.9. The number of hydrogen-bond acceptors (Lipinski definition) is 13. The molecule has 0 spiro atoms. The number of rotatable bonds is 11. The van der Waals surface area contributed by atoms with Crippen LogP contribution in [0.1, 0.15) is 28.2 Å². The molecule has 14 nitrogen and oxygen atoms in total. The lowest BCUT2D eigenvalue weighted by molar-refractivity contribution is -0.124. The minimum absolute atomic E-state index is 0.107. The van der Waals surface area contributed by atoms with E-state index in [-0.39, 0.29) is 36.0 Å². The van der Waals surface area contributed by atoms with Gasteiger partial charge in [0.2, 0.25) is 11.8 Å². The van der Waals surface area contributed by atoms with Crippen LogP contribution in [0.5, 0.6) is 0 Å². The zero-order chi connectivity index (χ0) is 43.5. The number of nitrogens with zero attached hydrogens (tertiary/aromatic N) is 4. The molecule has 3 aromatic heterocycles. The molecular formula is C43H39B3N8O6S2. The molecule has 2 aromatic carbocycles. The lowest BCUT2D eigenvalue weighted by atomic mass is 9.49. The zero-order valence-electron chi connectivity index (χ0n) is 33.4. The first-order valence-corrected chi connectivity index (χ1v) is 21.8. The maximum absolute atomic E-state index is 12.7. The number of fused-ring (bicyclic) bond motifs is 3. The summed E-state index contributed by atoms with van der Waals surface area (Å²) in [5.41, 5.74) is 3.18. The van der Waals surface area contributed by atoms with Crippen molar-refractivity contribution in [3.8, 4) is 39.1 Å². The summed E-state index contributed by atoms with van der Waals surface area (Å²) in [7, 11) is 17.2. The van der Waals surface area contributed by atoms with Crippen molar-refractivity contribution in [2.45, 2.75) is 67.2 Å². The fourth-order valence-corrected chi connectivity index (χ4v) is 10.5. The van der Waals surface area contributed by atoms with Gasteiger partial charge in [0.1, 0.15) is 12.1 Å². The largest absolute Gasteiger partial charge is 0.418 e. The molecule has 4 N–H and O–H groups in total. The summed E-state index contributed by atoms with van der Waals surface area (Å²) in [5, 5.41) is 38.5. The van der Waals surface area contributed by atoms with E-state index < -0.39 is 23.1 Å². The molecule has 2 amide bonds. The minimum atomic E-state index is -1.90. The Hall–Kier alpha value is -5.45. The first-order valence-electron chi connectivity index (χ1n) is 20.2. The van der Waals surface area contributed by atoms with Gasteiger partial charge in [0.05, 0.1) is 91.3 Å². The first-order chi connectivity index (χ1) is 29.9. The molecule has 0 saturated carbocycles. The van der Waals surface area contributed by atoms with Gasteiger partial charge in [-0.3, -0.25) is 14.2 Å². The number of carbonyl (C=O) groups excluding carboxylic acids is 2. The zero-order valence-corrected chi connectivity index (χ0v) is 35.0. The van der Waals surface area contributed by atoms with Crippen LogP contribution < -0.4 is 27.0 Å². The molecular weight excluding hydrogens is 821 g/mol. The van der Waals surface area contributed by atoms with E-state index in [4.69, 9.17) is 42.7 Å². The van der Waals surface area contributed by atoms with Crippen LogP contribution in [-0.2, 0) is 37.1 Å². The summed E-state index contributed by atoms with van der Waals surface area (Å²) in [6.45, 7) is 2.65. The summed E-state index contributed by atoms with van der Waals surface area (Å²) >= 11 is 3.08. The van der Waals surface area contributed by atoms with E-state index in [0.717, 1.165) is 48.0 Å². The van der Waals surface area contributed by atoms with E-state index in [0.29, 0.717) is 67.8 Å². The van der Waals surface area contributed by atoms with Crippen molar-refractivity contribution in [2.75, 3.05) is 26.4 Å².